The van der Waals surface area contributed by atoms with Gasteiger partial charge in [0.2, 0.25) is 11.8 Å². The molecule has 1 aliphatic rings. The van der Waals surface area contributed by atoms with Crippen LogP contribution in [0.4, 0.5) is 0 Å². The van der Waals surface area contributed by atoms with Crippen molar-refractivity contribution in [3.05, 3.63) is 64.7 Å². The van der Waals surface area contributed by atoms with Gasteiger partial charge in [0.1, 0.15) is 30.0 Å². The fourth-order valence-electron chi connectivity index (χ4n) is 4.28. The maximum atomic E-state index is 14.0. The van der Waals surface area contributed by atoms with Crippen LogP contribution in [0.3, 0.4) is 0 Å². The highest BCUT2D eigenvalue weighted by Crippen LogP contribution is 2.39. The number of primary amides is 1. The Morgan fingerprint density at radius 1 is 1.13 bits per heavy atom. The molecule has 10 heteroatoms. The van der Waals surface area contributed by atoms with E-state index in [0.717, 1.165) is 5.56 Å². The summed E-state index contributed by atoms with van der Waals surface area (Å²) in [6.45, 7) is 8.29. The zero-order valence-corrected chi connectivity index (χ0v) is 23.0. The van der Waals surface area contributed by atoms with Crippen molar-refractivity contribution < 1.29 is 28.7 Å². The number of benzene rings is 2. The number of ether oxygens (including phenoxy) is 2. The highest BCUT2D eigenvalue weighted by molar-refractivity contribution is 6.30. The molecule has 3 atom stereocenters. The number of rotatable bonds is 8. The summed E-state index contributed by atoms with van der Waals surface area (Å²) >= 11 is 6.30. The van der Waals surface area contributed by atoms with Crippen molar-refractivity contribution in [3.63, 3.8) is 0 Å². The van der Waals surface area contributed by atoms with E-state index >= 15 is 0 Å². The Balaban J connectivity index is 2.12. The second-order valence-electron chi connectivity index (χ2n) is 10.5. The summed E-state index contributed by atoms with van der Waals surface area (Å²) in [6, 6.07) is 11.2. The van der Waals surface area contributed by atoms with Crippen LogP contribution in [0.5, 0.6) is 5.75 Å². The zero-order valence-electron chi connectivity index (χ0n) is 22.2. The van der Waals surface area contributed by atoms with Crippen molar-refractivity contribution in [2.75, 3.05) is 6.54 Å². The summed E-state index contributed by atoms with van der Waals surface area (Å²) in [4.78, 5) is 54.1. The molecule has 1 heterocycles. The molecule has 0 spiro atoms. The number of hydrogen-bond donors (Lipinski definition) is 2. The van der Waals surface area contributed by atoms with Crippen LogP contribution in [-0.2, 0) is 30.3 Å². The van der Waals surface area contributed by atoms with Crippen LogP contribution < -0.4 is 15.8 Å². The van der Waals surface area contributed by atoms with E-state index in [9.17, 15) is 19.2 Å². The van der Waals surface area contributed by atoms with Crippen LogP contribution >= 0.6 is 11.6 Å². The topological polar surface area (TPSA) is 128 Å². The number of hydrogen-bond acceptors (Lipinski definition) is 6. The molecule has 3 rings (SSSR count). The molecule has 0 aromatic heterocycles. The molecule has 0 radical (unpaired) electrons. The Bertz CT molecular complexity index is 1190. The summed E-state index contributed by atoms with van der Waals surface area (Å²) in [5.74, 6) is -2.77. The largest absolute Gasteiger partial charge is 0.480 e. The van der Waals surface area contributed by atoms with Crippen molar-refractivity contribution in [1.82, 2.24) is 10.2 Å². The SMILES string of the molecule is CC(C)C1Oc2ccc(Cl)cc2C(C(=O)NCC(=O)OC(C)(C)C)N(C(Cc2ccccc2)C(N)=O)C1=O. The number of carbonyl (C=O) groups excluding carboxylic acids is 4. The average molecular weight is 544 g/mol. The fraction of sp³-hybridized carbons (Fsp3) is 0.429. The van der Waals surface area contributed by atoms with Gasteiger partial charge in [-0.05, 0) is 50.5 Å². The van der Waals surface area contributed by atoms with E-state index in [1.807, 2.05) is 6.07 Å². The molecule has 0 aliphatic carbocycles. The molecule has 0 saturated carbocycles. The van der Waals surface area contributed by atoms with Gasteiger partial charge in [0.15, 0.2) is 6.10 Å². The number of nitrogens with one attached hydrogen (secondary N) is 1. The Morgan fingerprint density at radius 2 is 1.79 bits per heavy atom. The van der Waals surface area contributed by atoms with Gasteiger partial charge in [-0.15, -0.1) is 0 Å². The minimum absolute atomic E-state index is 0.0679. The van der Waals surface area contributed by atoms with Crippen molar-refractivity contribution in [2.45, 2.75) is 64.8 Å². The highest BCUT2D eigenvalue weighted by atomic mass is 35.5. The minimum atomic E-state index is -1.36. The van der Waals surface area contributed by atoms with Gasteiger partial charge in [-0.1, -0.05) is 55.8 Å². The summed E-state index contributed by atoms with van der Waals surface area (Å²) in [6.07, 6.45) is -0.936. The summed E-state index contributed by atoms with van der Waals surface area (Å²) in [5.41, 5.74) is 6.11. The fourth-order valence-corrected chi connectivity index (χ4v) is 4.46. The third-order valence-electron chi connectivity index (χ3n) is 5.91. The van der Waals surface area contributed by atoms with Gasteiger partial charge in [-0.3, -0.25) is 19.2 Å². The van der Waals surface area contributed by atoms with Gasteiger partial charge in [0.05, 0.1) is 0 Å². The Morgan fingerprint density at radius 3 is 2.37 bits per heavy atom. The van der Waals surface area contributed by atoms with Crippen LogP contribution in [0.1, 0.15) is 51.8 Å². The summed E-state index contributed by atoms with van der Waals surface area (Å²) < 4.78 is 11.4. The first-order valence-corrected chi connectivity index (χ1v) is 12.8. The van der Waals surface area contributed by atoms with Crippen molar-refractivity contribution >= 4 is 35.3 Å². The first-order valence-electron chi connectivity index (χ1n) is 12.4. The zero-order chi connectivity index (χ0) is 28.2. The average Bonchev–Trinajstić information content (AvgIpc) is 2.94. The van der Waals surface area contributed by atoms with Gasteiger partial charge in [-0.2, -0.15) is 0 Å². The number of carbonyl (C=O) groups is 4. The summed E-state index contributed by atoms with van der Waals surface area (Å²) in [7, 11) is 0. The number of fused-ring (bicyclic) bond motifs is 1. The molecule has 3 amide bonds. The van der Waals surface area contributed by atoms with Crippen molar-refractivity contribution in [1.29, 1.82) is 0 Å². The third kappa shape index (κ3) is 7.04. The molecule has 3 unspecified atom stereocenters. The Kier molecular flexibility index (Phi) is 9.04. The quantitative estimate of drug-likeness (QED) is 0.492. The van der Waals surface area contributed by atoms with E-state index < -0.39 is 54.0 Å². The van der Waals surface area contributed by atoms with Gasteiger partial charge in [0, 0.05) is 17.0 Å². The van der Waals surface area contributed by atoms with Gasteiger partial charge in [-0.25, -0.2) is 0 Å². The van der Waals surface area contributed by atoms with Gasteiger partial charge < -0.3 is 25.4 Å². The number of amides is 3. The third-order valence-corrected chi connectivity index (χ3v) is 6.15. The second kappa shape index (κ2) is 11.9. The van der Waals surface area contributed by atoms with E-state index in [1.165, 1.54) is 11.0 Å². The molecular formula is C28H34ClN3O6. The molecule has 204 valence electrons. The normalized spacial score (nSPS) is 18.2. The van der Waals surface area contributed by atoms with Gasteiger partial charge >= 0.3 is 5.97 Å². The molecule has 0 saturated heterocycles. The number of nitrogens with zero attached hydrogens (tertiary/aromatic N) is 1. The molecule has 0 bridgehead atoms. The molecule has 2 aromatic rings. The number of halogens is 1. The lowest BCUT2D eigenvalue weighted by Gasteiger charge is -2.36. The van der Waals surface area contributed by atoms with Crippen LogP contribution in [0.25, 0.3) is 0 Å². The molecule has 1 aliphatic heterocycles. The number of esters is 1. The van der Waals surface area contributed by atoms with Crippen LogP contribution in [0.2, 0.25) is 5.02 Å². The highest BCUT2D eigenvalue weighted by Gasteiger charge is 2.46. The minimum Gasteiger partial charge on any atom is -0.480 e. The first-order chi connectivity index (χ1) is 17.8. The lowest BCUT2D eigenvalue weighted by molar-refractivity contribution is -0.156. The van der Waals surface area contributed by atoms with Gasteiger partial charge in [0.25, 0.3) is 5.91 Å². The second-order valence-corrected chi connectivity index (χ2v) is 11.0. The first kappa shape index (κ1) is 29.0. The van der Waals surface area contributed by atoms with E-state index in [4.69, 9.17) is 26.8 Å². The Labute approximate surface area is 227 Å². The van der Waals surface area contributed by atoms with Crippen LogP contribution in [0.15, 0.2) is 48.5 Å². The standard InChI is InChI=1S/C28H34ClN3O6/c1-16(2)24-27(36)32(20(25(30)34)13-17-9-7-6-8-10-17)23(19-14-18(29)11-12-21(19)37-24)26(35)31-15-22(33)38-28(3,4)5/h6-12,14,16,20,23-24H,13,15H2,1-5H3,(H2,30,34)(H,31,35). The van der Waals surface area contributed by atoms with Crippen molar-refractivity contribution in [3.8, 4) is 5.75 Å². The predicted octanol–water partition coefficient (Wildman–Crippen LogP) is 3.18. The lowest BCUT2D eigenvalue weighted by atomic mass is 9.96. The summed E-state index contributed by atoms with van der Waals surface area (Å²) in [5, 5.41) is 2.85. The molecule has 3 N–H and O–H groups in total. The predicted molar refractivity (Wildman–Crippen MR) is 142 cm³/mol. The monoisotopic (exact) mass is 543 g/mol. The molecule has 9 nitrogen and oxygen atoms in total. The molecule has 0 fully saturated rings. The molecule has 2 aromatic carbocycles. The van der Waals surface area contributed by atoms with E-state index in [0.29, 0.717) is 5.02 Å². The van der Waals surface area contributed by atoms with Crippen LogP contribution in [0, 0.1) is 5.92 Å². The van der Waals surface area contributed by atoms with E-state index in [-0.39, 0.29) is 23.7 Å². The molecular weight excluding hydrogens is 510 g/mol. The smallest absolute Gasteiger partial charge is 0.325 e. The van der Waals surface area contributed by atoms with Crippen molar-refractivity contribution in [2.24, 2.45) is 11.7 Å². The van der Waals surface area contributed by atoms with E-state index in [1.54, 1.807) is 71.0 Å². The molecule has 38 heavy (non-hydrogen) atoms. The van der Waals surface area contributed by atoms with E-state index in [2.05, 4.69) is 5.32 Å². The lowest BCUT2D eigenvalue weighted by Crippen LogP contribution is -2.57. The van der Waals surface area contributed by atoms with Crippen LogP contribution in [-0.4, -0.2) is 52.9 Å². The maximum absolute atomic E-state index is 14.0. The number of nitrogens with two attached hydrogens (primary N) is 1. The Hall–Kier alpha value is -3.59. The maximum Gasteiger partial charge on any atom is 0.325 e.